The first-order valence-electron chi connectivity index (χ1n) is 9.43. The second-order valence-corrected chi connectivity index (χ2v) is 7.32. The number of hydrogen-bond acceptors (Lipinski definition) is 2. The minimum atomic E-state index is 0. The first-order chi connectivity index (χ1) is 12.3. The van der Waals surface area contributed by atoms with Crippen LogP contribution in [0, 0.1) is 5.92 Å². The summed E-state index contributed by atoms with van der Waals surface area (Å²) in [5.74, 6) is 0.964. The van der Waals surface area contributed by atoms with Gasteiger partial charge in [-0.05, 0) is 55.0 Å². The van der Waals surface area contributed by atoms with E-state index >= 15 is 0 Å². The molecule has 2 unspecified atom stereocenters. The fourth-order valence-corrected chi connectivity index (χ4v) is 4.19. The number of nitrogens with one attached hydrogen (secondary N) is 1. The molecule has 138 valence electrons. The fraction of sp³-hybridized carbons (Fsp3) is 0.409. The molecule has 2 atom stereocenters. The van der Waals surface area contributed by atoms with Gasteiger partial charge in [-0.15, -0.1) is 12.4 Å². The Bertz CT molecular complexity index is 728. The van der Waals surface area contributed by atoms with Crippen LogP contribution in [0.2, 0.25) is 0 Å². The van der Waals surface area contributed by atoms with Gasteiger partial charge in [0.15, 0.2) is 0 Å². The second-order valence-electron chi connectivity index (χ2n) is 7.32. The zero-order valence-electron chi connectivity index (χ0n) is 15.1. The highest BCUT2D eigenvalue weighted by Crippen LogP contribution is 2.34. The van der Waals surface area contributed by atoms with Gasteiger partial charge in [-0.25, -0.2) is 0 Å². The van der Waals surface area contributed by atoms with Crippen LogP contribution in [0.3, 0.4) is 0 Å². The molecule has 4 heteroatoms. The van der Waals surface area contributed by atoms with E-state index in [2.05, 4.69) is 58.7 Å². The molecular formula is C22H27ClN2O. The summed E-state index contributed by atoms with van der Waals surface area (Å²) in [7, 11) is 0. The first kappa shape index (κ1) is 18.9. The Morgan fingerprint density at radius 2 is 1.77 bits per heavy atom. The van der Waals surface area contributed by atoms with Gasteiger partial charge in [0.1, 0.15) is 0 Å². The van der Waals surface area contributed by atoms with E-state index in [1.165, 1.54) is 23.1 Å². The molecule has 0 radical (unpaired) electrons. The standard InChI is InChI=1S/C22H26N2O.ClH/c25-22(11-10-17-12-13-23-15-17)24-16-20-9-5-4-8-19(20)14-21(24)18-6-2-1-3-7-18;/h1-9,17,21,23H,10-16H2;1H. The molecule has 4 rings (SSSR count). The maximum absolute atomic E-state index is 13.1. The average Bonchev–Trinajstić information content (AvgIpc) is 3.19. The van der Waals surface area contributed by atoms with E-state index < -0.39 is 0 Å². The molecule has 2 heterocycles. The minimum absolute atomic E-state index is 0. The molecule has 1 saturated heterocycles. The Labute approximate surface area is 162 Å². The summed E-state index contributed by atoms with van der Waals surface area (Å²) in [6, 6.07) is 19.2. The molecule has 2 aromatic rings. The van der Waals surface area contributed by atoms with E-state index in [9.17, 15) is 4.79 Å². The van der Waals surface area contributed by atoms with Crippen molar-refractivity contribution in [2.24, 2.45) is 5.92 Å². The largest absolute Gasteiger partial charge is 0.331 e. The summed E-state index contributed by atoms with van der Waals surface area (Å²) in [4.78, 5) is 15.2. The van der Waals surface area contributed by atoms with Crippen molar-refractivity contribution in [3.05, 3.63) is 71.3 Å². The van der Waals surface area contributed by atoms with Crippen LogP contribution in [0.15, 0.2) is 54.6 Å². The van der Waals surface area contributed by atoms with Gasteiger partial charge < -0.3 is 10.2 Å². The number of fused-ring (bicyclic) bond motifs is 1. The number of hydrogen-bond donors (Lipinski definition) is 1. The lowest BCUT2D eigenvalue weighted by molar-refractivity contribution is -0.135. The second kappa shape index (κ2) is 8.70. The summed E-state index contributed by atoms with van der Waals surface area (Å²) in [5.41, 5.74) is 3.92. The number of amides is 1. The Balaban J connectivity index is 0.00000196. The quantitative estimate of drug-likeness (QED) is 0.877. The highest BCUT2D eigenvalue weighted by atomic mass is 35.5. The third kappa shape index (κ3) is 4.11. The molecule has 3 nitrogen and oxygen atoms in total. The molecule has 0 spiro atoms. The number of benzene rings is 2. The Morgan fingerprint density at radius 1 is 1.04 bits per heavy atom. The molecule has 1 amide bonds. The van der Waals surface area contributed by atoms with E-state index in [0.717, 1.165) is 32.5 Å². The smallest absolute Gasteiger partial charge is 0.223 e. The van der Waals surface area contributed by atoms with E-state index in [0.29, 0.717) is 18.2 Å². The van der Waals surface area contributed by atoms with Gasteiger partial charge in [-0.2, -0.15) is 0 Å². The maximum Gasteiger partial charge on any atom is 0.223 e. The van der Waals surface area contributed by atoms with E-state index in [1.54, 1.807) is 0 Å². The third-order valence-electron chi connectivity index (χ3n) is 5.68. The average molecular weight is 371 g/mol. The van der Waals surface area contributed by atoms with Gasteiger partial charge in [0.2, 0.25) is 5.91 Å². The van der Waals surface area contributed by atoms with E-state index in [4.69, 9.17) is 0 Å². The Hall–Kier alpha value is -1.84. The molecule has 2 aliphatic rings. The lowest BCUT2D eigenvalue weighted by Gasteiger charge is -2.37. The van der Waals surface area contributed by atoms with Crippen molar-refractivity contribution < 1.29 is 4.79 Å². The van der Waals surface area contributed by atoms with Crippen molar-refractivity contribution in [1.29, 1.82) is 0 Å². The zero-order chi connectivity index (χ0) is 17.1. The van der Waals surface area contributed by atoms with Crippen LogP contribution in [0.4, 0.5) is 0 Å². The van der Waals surface area contributed by atoms with Crippen molar-refractivity contribution in [1.82, 2.24) is 10.2 Å². The van der Waals surface area contributed by atoms with Crippen LogP contribution in [0.1, 0.15) is 42.0 Å². The zero-order valence-corrected chi connectivity index (χ0v) is 15.9. The number of carbonyl (C=O) groups excluding carboxylic acids is 1. The number of nitrogens with zero attached hydrogens (tertiary/aromatic N) is 1. The summed E-state index contributed by atoms with van der Waals surface area (Å²) < 4.78 is 0. The molecule has 2 aromatic carbocycles. The Kier molecular flexibility index (Phi) is 6.33. The topological polar surface area (TPSA) is 32.3 Å². The molecule has 0 aromatic heterocycles. The summed E-state index contributed by atoms with van der Waals surface area (Å²) in [6.07, 6.45) is 3.79. The minimum Gasteiger partial charge on any atom is -0.331 e. The van der Waals surface area contributed by atoms with E-state index in [1.807, 2.05) is 6.07 Å². The van der Waals surface area contributed by atoms with Crippen molar-refractivity contribution in [3.63, 3.8) is 0 Å². The monoisotopic (exact) mass is 370 g/mol. The summed E-state index contributed by atoms with van der Waals surface area (Å²) in [5, 5.41) is 3.40. The SMILES string of the molecule is Cl.O=C(CCC1CCNC1)N1Cc2ccccc2CC1c1ccccc1. The van der Waals surface area contributed by atoms with E-state index in [-0.39, 0.29) is 18.4 Å². The highest BCUT2D eigenvalue weighted by molar-refractivity contribution is 5.85. The van der Waals surface area contributed by atoms with Crippen molar-refractivity contribution in [3.8, 4) is 0 Å². The van der Waals surface area contributed by atoms with Crippen LogP contribution >= 0.6 is 12.4 Å². The Morgan fingerprint density at radius 3 is 2.50 bits per heavy atom. The maximum atomic E-state index is 13.1. The van der Waals surface area contributed by atoms with Crippen molar-refractivity contribution >= 4 is 18.3 Å². The predicted molar refractivity (Wildman–Crippen MR) is 107 cm³/mol. The molecule has 1 fully saturated rings. The van der Waals surface area contributed by atoms with Crippen LogP contribution in [-0.2, 0) is 17.8 Å². The highest BCUT2D eigenvalue weighted by Gasteiger charge is 2.30. The van der Waals surface area contributed by atoms with Crippen LogP contribution in [0.25, 0.3) is 0 Å². The van der Waals surface area contributed by atoms with Gasteiger partial charge in [0.25, 0.3) is 0 Å². The van der Waals surface area contributed by atoms with Crippen molar-refractivity contribution in [2.45, 2.75) is 38.3 Å². The summed E-state index contributed by atoms with van der Waals surface area (Å²) in [6.45, 7) is 2.90. The lowest BCUT2D eigenvalue weighted by Crippen LogP contribution is -2.39. The molecule has 0 saturated carbocycles. The molecule has 0 bridgehead atoms. The van der Waals surface area contributed by atoms with Crippen LogP contribution < -0.4 is 5.32 Å². The predicted octanol–water partition coefficient (Wildman–Crippen LogP) is 4.12. The normalized spacial score (nSPS) is 21.8. The van der Waals surface area contributed by atoms with Crippen molar-refractivity contribution in [2.75, 3.05) is 13.1 Å². The van der Waals surface area contributed by atoms with Gasteiger partial charge in [-0.1, -0.05) is 54.6 Å². The van der Waals surface area contributed by atoms with Gasteiger partial charge >= 0.3 is 0 Å². The van der Waals surface area contributed by atoms with Gasteiger partial charge in [0, 0.05) is 13.0 Å². The molecule has 2 aliphatic heterocycles. The number of carbonyl (C=O) groups is 1. The first-order valence-corrected chi connectivity index (χ1v) is 9.43. The fourth-order valence-electron chi connectivity index (χ4n) is 4.19. The molecular weight excluding hydrogens is 344 g/mol. The number of rotatable bonds is 4. The van der Waals surface area contributed by atoms with Gasteiger partial charge in [-0.3, -0.25) is 4.79 Å². The van der Waals surface area contributed by atoms with Crippen LogP contribution in [0.5, 0.6) is 0 Å². The third-order valence-corrected chi connectivity index (χ3v) is 5.68. The number of halogens is 1. The molecule has 1 N–H and O–H groups in total. The lowest BCUT2D eigenvalue weighted by atomic mass is 9.89. The molecule has 0 aliphatic carbocycles. The van der Waals surface area contributed by atoms with Gasteiger partial charge in [0.05, 0.1) is 6.04 Å². The molecule has 26 heavy (non-hydrogen) atoms. The van der Waals surface area contributed by atoms with Crippen LogP contribution in [-0.4, -0.2) is 23.9 Å². The summed E-state index contributed by atoms with van der Waals surface area (Å²) >= 11 is 0.